The molecule has 0 unspecified atom stereocenters. The first-order valence-corrected chi connectivity index (χ1v) is 11.7. The van der Waals surface area contributed by atoms with Crippen LogP contribution in [0.1, 0.15) is 27.2 Å². The van der Waals surface area contributed by atoms with Gasteiger partial charge in [-0.3, -0.25) is 9.59 Å². The highest BCUT2D eigenvalue weighted by atomic mass is 32.2. The highest BCUT2D eigenvalue weighted by Crippen LogP contribution is 2.31. The van der Waals surface area contributed by atoms with Gasteiger partial charge >= 0.3 is 0 Å². The smallest absolute Gasteiger partial charge is 0.291 e. The minimum Gasteiger partial charge on any atom is -0.451 e. The number of nitrogens with one attached hydrogen (secondary N) is 1. The van der Waals surface area contributed by atoms with E-state index < -0.39 is 0 Å². The molecule has 0 radical (unpaired) electrons. The van der Waals surface area contributed by atoms with Gasteiger partial charge in [-0.05, 0) is 29.8 Å². The number of thioether (sulfide) groups is 1. The Kier molecular flexibility index (Phi) is 8.89. The number of amides is 2. The summed E-state index contributed by atoms with van der Waals surface area (Å²) < 4.78 is 5.90. The van der Waals surface area contributed by atoms with Gasteiger partial charge in [0.15, 0.2) is 5.76 Å². The van der Waals surface area contributed by atoms with Crippen LogP contribution in [-0.2, 0) is 16.3 Å². The number of benzene rings is 3. The number of hydrogen-bond donors (Lipinski definition) is 1. The summed E-state index contributed by atoms with van der Waals surface area (Å²) in [6, 6.07) is 26.8. The van der Waals surface area contributed by atoms with Crippen LogP contribution in [0.5, 0.6) is 0 Å². The number of carbonyl (C=O) groups is 2. The monoisotopic (exact) mass is 471 g/mol. The summed E-state index contributed by atoms with van der Waals surface area (Å²) in [4.78, 5) is 23.8. The Morgan fingerprint density at radius 3 is 2.44 bits per heavy atom. The molecule has 1 aromatic heterocycles. The zero-order valence-corrected chi connectivity index (χ0v) is 19.8. The number of nitriles is 1. The van der Waals surface area contributed by atoms with Gasteiger partial charge in [-0.25, -0.2) is 0 Å². The van der Waals surface area contributed by atoms with Gasteiger partial charge in [-0.1, -0.05) is 54.6 Å². The number of fused-ring (bicyclic) bond motifs is 1. The third-order valence-corrected chi connectivity index (χ3v) is 5.75. The SMILES string of the molecule is CN(C)C=O.N#Cc1cccc(NC(=O)c2oc3ccccc3c2CSCc2ccccc2)c1. The van der Waals surface area contributed by atoms with Crippen LogP contribution in [0.3, 0.4) is 0 Å². The molecule has 0 saturated heterocycles. The molecule has 0 spiro atoms. The molecule has 0 fully saturated rings. The van der Waals surface area contributed by atoms with Crippen LogP contribution in [0, 0.1) is 11.3 Å². The molecule has 3 aromatic carbocycles. The summed E-state index contributed by atoms with van der Waals surface area (Å²) in [5.74, 6) is 1.51. The Morgan fingerprint density at radius 2 is 1.74 bits per heavy atom. The molecule has 4 aromatic rings. The molecule has 4 rings (SSSR count). The number of carbonyl (C=O) groups excluding carboxylic acids is 2. The second-order valence-corrected chi connectivity index (χ2v) is 8.59. The van der Waals surface area contributed by atoms with Gasteiger partial charge in [0.1, 0.15) is 5.58 Å². The molecular formula is C27H25N3O3S. The fourth-order valence-corrected chi connectivity index (χ4v) is 4.15. The van der Waals surface area contributed by atoms with Gasteiger partial charge in [-0.2, -0.15) is 17.0 Å². The van der Waals surface area contributed by atoms with E-state index in [9.17, 15) is 9.59 Å². The van der Waals surface area contributed by atoms with E-state index in [-0.39, 0.29) is 5.91 Å². The predicted molar refractivity (Wildman–Crippen MR) is 137 cm³/mol. The average molecular weight is 472 g/mol. The molecule has 0 bridgehead atoms. The fraction of sp³-hybridized carbons (Fsp3) is 0.148. The van der Waals surface area contributed by atoms with Crippen molar-refractivity contribution in [1.82, 2.24) is 4.90 Å². The number of furan rings is 1. The molecule has 2 amide bonds. The van der Waals surface area contributed by atoms with Crippen molar-refractivity contribution in [3.8, 4) is 6.07 Å². The minimum atomic E-state index is -0.313. The molecule has 0 aliphatic heterocycles. The van der Waals surface area contributed by atoms with Crippen molar-refractivity contribution in [2.75, 3.05) is 19.4 Å². The molecular weight excluding hydrogens is 446 g/mol. The maximum Gasteiger partial charge on any atom is 0.291 e. The normalized spacial score (nSPS) is 10.0. The number of para-hydroxylation sites is 1. The predicted octanol–water partition coefficient (Wildman–Crippen LogP) is 5.69. The quantitative estimate of drug-likeness (QED) is 0.350. The summed E-state index contributed by atoms with van der Waals surface area (Å²) in [5, 5.41) is 12.9. The van der Waals surface area contributed by atoms with Gasteiger partial charge in [0.2, 0.25) is 6.41 Å². The van der Waals surface area contributed by atoms with Crippen molar-refractivity contribution in [2.24, 2.45) is 0 Å². The van der Waals surface area contributed by atoms with Gasteiger partial charge in [-0.15, -0.1) is 0 Å². The molecule has 0 saturated carbocycles. The standard InChI is InChI=1S/C24H18N2O2S.C3H7NO/c25-14-18-9-6-10-19(13-18)26-24(27)23-21(20-11-4-5-12-22(20)28-23)16-29-15-17-7-2-1-3-8-17;1-4(2)3-5/h1-13H,15-16H2,(H,26,27);3H,1-2H3. The third-order valence-electron chi connectivity index (χ3n) is 4.72. The highest BCUT2D eigenvalue weighted by Gasteiger charge is 2.20. The summed E-state index contributed by atoms with van der Waals surface area (Å²) in [5.41, 5.74) is 3.88. The van der Waals surface area contributed by atoms with Gasteiger partial charge in [0, 0.05) is 42.2 Å². The van der Waals surface area contributed by atoms with Crippen LogP contribution in [0.25, 0.3) is 11.0 Å². The van der Waals surface area contributed by atoms with Crippen molar-refractivity contribution in [3.05, 3.63) is 101 Å². The summed E-state index contributed by atoms with van der Waals surface area (Å²) in [6.45, 7) is 0. The number of hydrogen-bond acceptors (Lipinski definition) is 5. The first-order chi connectivity index (χ1) is 16.5. The van der Waals surface area contributed by atoms with E-state index in [0.29, 0.717) is 28.3 Å². The fourth-order valence-electron chi connectivity index (χ4n) is 3.13. The molecule has 1 N–H and O–H groups in total. The second-order valence-electron chi connectivity index (χ2n) is 7.60. The lowest BCUT2D eigenvalue weighted by Crippen LogP contribution is -2.12. The van der Waals surface area contributed by atoms with Crippen LogP contribution in [-0.4, -0.2) is 31.3 Å². The minimum absolute atomic E-state index is 0.313. The van der Waals surface area contributed by atoms with E-state index in [1.165, 1.54) is 10.5 Å². The van der Waals surface area contributed by atoms with E-state index in [1.807, 2.05) is 42.5 Å². The topological polar surface area (TPSA) is 86.3 Å². The molecule has 0 aliphatic carbocycles. The Labute approximate surface area is 203 Å². The van der Waals surface area contributed by atoms with Crippen LogP contribution in [0.4, 0.5) is 5.69 Å². The van der Waals surface area contributed by atoms with Crippen molar-refractivity contribution in [3.63, 3.8) is 0 Å². The molecule has 172 valence electrons. The lowest BCUT2D eigenvalue weighted by molar-refractivity contribution is -0.115. The maximum absolute atomic E-state index is 12.9. The largest absolute Gasteiger partial charge is 0.451 e. The van der Waals surface area contributed by atoms with Crippen LogP contribution in [0.2, 0.25) is 0 Å². The Balaban J connectivity index is 0.000000588. The Bertz CT molecular complexity index is 1290. The summed E-state index contributed by atoms with van der Waals surface area (Å²) in [6.07, 6.45) is 0.750. The first-order valence-electron chi connectivity index (χ1n) is 10.6. The maximum atomic E-state index is 12.9. The lowest BCUT2D eigenvalue weighted by Gasteiger charge is -2.06. The summed E-state index contributed by atoms with van der Waals surface area (Å²) >= 11 is 1.74. The van der Waals surface area contributed by atoms with Crippen LogP contribution < -0.4 is 5.32 Å². The van der Waals surface area contributed by atoms with E-state index >= 15 is 0 Å². The Hall–Kier alpha value is -4.02. The van der Waals surface area contributed by atoms with Crippen molar-refractivity contribution < 1.29 is 14.0 Å². The zero-order valence-electron chi connectivity index (χ0n) is 19.0. The van der Waals surface area contributed by atoms with Gasteiger partial charge in [0.25, 0.3) is 5.91 Å². The van der Waals surface area contributed by atoms with Crippen LogP contribution in [0.15, 0.2) is 83.3 Å². The molecule has 6 nitrogen and oxygen atoms in total. The van der Waals surface area contributed by atoms with E-state index in [1.54, 1.807) is 50.1 Å². The third kappa shape index (κ3) is 6.74. The van der Waals surface area contributed by atoms with E-state index in [4.69, 9.17) is 9.68 Å². The van der Waals surface area contributed by atoms with Crippen LogP contribution >= 0.6 is 11.8 Å². The first kappa shape index (κ1) is 24.6. The van der Waals surface area contributed by atoms with Crippen molar-refractivity contribution in [2.45, 2.75) is 11.5 Å². The van der Waals surface area contributed by atoms with Gasteiger partial charge in [0.05, 0.1) is 11.6 Å². The van der Waals surface area contributed by atoms with Crippen molar-refractivity contribution >= 4 is 40.7 Å². The van der Waals surface area contributed by atoms with Crippen molar-refractivity contribution in [1.29, 1.82) is 5.26 Å². The Morgan fingerprint density at radius 1 is 1.03 bits per heavy atom. The zero-order chi connectivity index (χ0) is 24.3. The van der Waals surface area contributed by atoms with Gasteiger partial charge < -0.3 is 14.6 Å². The number of anilines is 1. The average Bonchev–Trinajstić information content (AvgIpc) is 3.24. The molecule has 7 heteroatoms. The summed E-state index contributed by atoms with van der Waals surface area (Å²) in [7, 11) is 3.38. The molecule has 0 atom stereocenters. The highest BCUT2D eigenvalue weighted by molar-refractivity contribution is 7.97. The molecule has 1 heterocycles. The molecule has 34 heavy (non-hydrogen) atoms. The van der Waals surface area contributed by atoms with E-state index in [2.05, 4.69) is 23.5 Å². The second kappa shape index (κ2) is 12.3. The molecule has 0 aliphatic rings. The van der Waals surface area contributed by atoms with E-state index in [0.717, 1.165) is 23.1 Å². The number of rotatable bonds is 7. The number of nitrogens with zero attached hydrogens (tertiary/aromatic N) is 2. The lowest BCUT2D eigenvalue weighted by atomic mass is 10.1.